The lowest BCUT2D eigenvalue weighted by Gasteiger charge is -2.28. The van der Waals surface area contributed by atoms with Crippen molar-refractivity contribution in [1.29, 1.82) is 0 Å². The maximum absolute atomic E-state index is 9.72. The van der Waals surface area contributed by atoms with Crippen molar-refractivity contribution in [2.75, 3.05) is 76.1 Å². The van der Waals surface area contributed by atoms with E-state index in [0.717, 1.165) is 81.4 Å². The number of anilines is 2. The van der Waals surface area contributed by atoms with Gasteiger partial charge >= 0.3 is 6.01 Å². The third-order valence-corrected chi connectivity index (χ3v) is 6.11. The van der Waals surface area contributed by atoms with Gasteiger partial charge in [0.15, 0.2) is 5.82 Å². The van der Waals surface area contributed by atoms with Crippen LogP contribution in [0.5, 0.6) is 11.8 Å². The number of aromatic hydroxyl groups is 1. The van der Waals surface area contributed by atoms with E-state index in [1.165, 1.54) is 0 Å². The lowest BCUT2D eigenvalue weighted by atomic mass is 10.1. The van der Waals surface area contributed by atoms with Gasteiger partial charge in [0.25, 0.3) is 0 Å². The zero-order valence-electron chi connectivity index (χ0n) is 18.7. The molecule has 2 N–H and O–H groups in total. The monoisotopic (exact) mass is 454 g/mol. The number of aryl methyl sites for hydroxylation is 1. The molecular formula is C23H30N6O4. The highest BCUT2D eigenvalue weighted by molar-refractivity contribution is 6.04. The van der Waals surface area contributed by atoms with Crippen molar-refractivity contribution in [3.63, 3.8) is 0 Å². The summed E-state index contributed by atoms with van der Waals surface area (Å²) in [6, 6.07) is 7.65. The van der Waals surface area contributed by atoms with Crippen LogP contribution in [-0.2, 0) is 15.9 Å². The van der Waals surface area contributed by atoms with Gasteiger partial charge in [0.2, 0.25) is 0 Å². The van der Waals surface area contributed by atoms with E-state index in [4.69, 9.17) is 14.2 Å². The second kappa shape index (κ2) is 10.3. The summed E-state index contributed by atoms with van der Waals surface area (Å²) in [5.41, 5.74) is 6.23. The van der Waals surface area contributed by atoms with Crippen LogP contribution < -0.4 is 15.1 Å². The molecule has 0 bridgehead atoms. The lowest BCUT2D eigenvalue weighted by molar-refractivity contribution is 0.0317. The molecule has 10 heteroatoms. The van der Waals surface area contributed by atoms with Gasteiger partial charge in [0.05, 0.1) is 32.1 Å². The van der Waals surface area contributed by atoms with E-state index in [9.17, 15) is 5.11 Å². The van der Waals surface area contributed by atoms with Crippen LogP contribution in [0.4, 0.5) is 11.6 Å². The average molecular weight is 455 g/mol. The fraction of sp³-hybridized carbons (Fsp3) is 0.522. The third-order valence-electron chi connectivity index (χ3n) is 6.11. The van der Waals surface area contributed by atoms with Gasteiger partial charge in [-0.05, 0) is 36.6 Å². The number of fused-ring (bicyclic) bond motifs is 1. The Bertz CT molecular complexity index is 989. The molecule has 0 spiro atoms. The van der Waals surface area contributed by atoms with Crippen molar-refractivity contribution in [3.8, 4) is 11.8 Å². The first-order valence-corrected chi connectivity index (χ1v) is 11.5. The second-order valence-electron chi connectivity index (χ2n) is 8.31. The van der Waals surface area contributed by atoms with E-state index >= 15 is 0 Å². The first-order chi connectivity index (χ1) is 16.2. The molecule has 2 fully saturated rings. The average Bonchev–Trinajstić information content (AvgIpc) is 3.26. The third kappa shape index (κ3) is 5.52. The van der Waals surface area contributed by atoms with Gasteiger partial charge < -0.3 is 24.2 Å². The number of hydrogen-bond acceptors (Lipinski definition) is 10. The number of phenols is 1. The van der Waals surface area contributed by atoms with Crippen molar-refractivity contribution < 1.29 is 19.3 Å². The van der Waals surface area contributed by atoms with Crippen LogP contribution in [0.3, 0.4) is 0 Å². The van der Waals surface area contributed by atoms with Crippen LogP contribution >= 0.6 is 0 Å². The minimum absolute atomic E-state index is 0.285. The molecule has 1 aromatic heterocycles. The molecule has 176 valence electrons. The van der Waals surface area contributed by atoms with Gasteiger partial charge in [-0.15, -0.1) is 0 Å². The van der Waals surface area contributed by atoms with E-state index in [2.05, 4.69) is 30.3 Å². The topological polar surface area (TPSA) is 105 Å². The largest absolute Gasteiger partial charge is 0.508 e. The normalized spacial score (nSPS) is 20.1. The number of rotatable bonds is 7. The molecule has 3 aliphatic rings. The van der Waals surface area contributed by atoms with Gasteiger partial charge in [-0.25, -0.2) is 0 Å². The summed E-state index contributed by atoms with van der Waals surface area (Å²) in [5, 5.41) is 14.3. The molecule has 2 aromatic rings. The van der Waals surface area contributed by atoms with Crippen LogP contribution in [0.15, 0.2) is 29.4 Å². The molecule has 0 unspecified atom stereocenters. The molecule has 5 rings (SSSR count). The summed E-state index contributed by atoms with van der Waals surface area (Å²) >= 11 is 0. The van der Waals surface area contributed by atoms with Crippen molar-refractivity contribution in [2.45, 2.75) is 12.8 Å². The molecular weight excluding hydrogens is 424 g/mol. The minimum atomic E-state index is 0.285. The lowest BCUT2D eigenvalue weighted by Crippen LogP contribution is -2.39. The van der Waals surface area contributed by atoms with Crippen LogP contribution in [0.1, 0.15) is 17.5 Å². The predicted molar refractivity (Wildman–Crippen MR) is 124 cm³/mol. The molecule has 1 aromatic carbocycles. The summed E-state index contributed by atoms with van der Waals surface area (Å²) in [5.74, 6) is 1.68. The summed E-state index contributed by atoms with van der Waals surface area (Å²) in [6.45, 7) is 7.58. The van der Waals surface area contributed by atoms with Gasteiger partial charge in [-0.2, -0.15) is 15.1 Å². The first-order valence-electron chi connectivity index (χ1n) is 11.5. The number of nitrogens with zero attached hydrogens (tertiary/aromatic N) is 5. The number of aromatic nitrogens is 2. The quantitative estimate of drug-likeness (QED) is 0.602. The first kappa shape index (κ1) is 21.9. The Hall–Kier alpha value is -2.95. The van der Waals surface area contributed by atoms with E-state index in [1.807, 2.05) is 12.1 Å². The van der Waals surface area contributed by atoms with Gasteiger partial charge in [0.1, 0.15) is 18.2 Å². The Kier molecular flexibility index (Phi) is 6.84. The van der Waals surface area contributed by atoms with Crippen molar-refractivity contribution >= 4 is 17.3 Å². The van der Waals surface area contributed by atoms with E-state index in [0.29, 0.717) is 31.6 Å². The Labute approximate surface area is 193 Å². The molecule has 33 heavy (non-hydrogen) atoms. The molecule has 2 aliphatic heterocycles. The van der Waals surface area contributed by atoms with E-state index < -0.39 is 0 Å². The van der Waals surface area contributed by atoms with Crippen LogP contribution in [0.25, 0.3) is 0 Å². The van der Waals surface area contributed by atoms with Crippen LogP contribution in [-0.4, -0.2) is 91.4 Å². The summed E-state index contributed by atoms with van der Waals surface area (Å²) < 4.78 is 16.8. The molecule has 0 saturated carbocycles. The molecule has 2 saturated heterocycles. The van der Waals surface area contributed by atoms with E-state index in [-0.39, 0.29) is 5.75 Å². The Morgan fingerprint density at radius 2 is 1.79 bits per heavy atom. The zero-order chi connectivity index (χ0) is 22.5. The summed E-state index contributed by atoms with van der Waals surface area (Å²) in [4.78, 5) is 13.7. The van der Waals surface area contributed by atoms with Gasteiger partial charge in [-0.3, -0.25) is 10.3 Å². The van der Waals surface area contributed by atoms with Crippen LogP contribution in [0, 0.1) is 0 Å². The van der Waals surface area contributed by atoms with Gasteiger partial charge in [-0.1, -0.05) is 0 Å². The maximum atomic E-state index is 9.72. The molecule has 1 aliphatic carbocycles. The zero-order valence-corrected chi connectivity index (χ0v) is 18.7. The molecule has 0 radical (unpaired) electrons. The Balaban J connectivity index is 1.30. The molecule has 10 nitrogen and oxygen atoms in total. The fourth-order valence-corrected chi connectivity index (χ4v) is 4.28. The summed E-state index contributed by atoms with van der Waals surface area (Å²) in [6.07, 6.45) is 1.68. The van der Waals surface area contributed by atoms with Crippen LogP contribution in [0.2, 0.25) is 0 Å². The number of morpholine rings is 2. The Morgan fingerprint density at radius 1 is 1.00 bits per heavy atom. The second-order valence-corrected chi connectivity index (χ2v) is 8.31. The van der Waals surface area contributed by atoms with Crippen molar-refractivity contribution in [1.82, 2.24) is 14.9 Å². The fourth-order valence-electron chi connectivity index (χ4n) is 4.28. The van der Waals surface area contributed by atoms with E-state index in [1.54, 1.807) is 12.1 Å². The Morgan fingerprint density at radius 3 is 2.61 bits per heavy atom. The number of nitrogens with one attached hydrogen (secondary N) is 1. The summed E-state index contributed by atoms with van der Waals surface area (Å²) in [7, 11) is 0. The predicted octanol–water partition coefficient (Wildman–Crippen LogP) is 1.49. The van der Waals surface area contributed by atoms with Gasteiger partial charge in [0, 0.05) is 44.4 Å². The SMILES string of the molecule is Oc1ccc2c(c1)CCC2=NNc1cc(N2CCOCC2)nc(OCCN2CCOCC2)n1. The maximum Gasteiger partial charge on any atom is 0.320 e. The number of hydrazone groups is 1. The highest BCUT2D eigenvalue weighted by atomic mass is 16.5. The number of benzene rings is 1. The highest BCUT2D eigenvalue weighted by Gasteiger charge is 2.19. The molecule has 0 atom stereocenters. The highest BCUT2D eigenvalue weighted by Crippen LogP contribution is 2.27. The molecule has 0 amide bonds. The number of hydrogen-bond donors (Lipinski definition) is 2. The number of phenolic OH excluding ortho intramolecular Hbond substituents is 1. The van der Waals surface area contributed by atoms with Crippen molar-refractivity contribution in [2.24, 2.45) is 5.10 Å². The smallest absolute Gasteiger partial charge is 0.320 e. The molecule has 3 heterocycles. The number of ether oxygens (including phenoxy) is 3. The van der Waals surface area contributed by atoms with Crippen molar-refractivity contribution in [3.05, 3.63) is 35.4 Å². The minimum Gasteiger partial charge on any atom is -0.508 e. The standard InChI is InChI=1S/C23H30N6O4/c30-18-2-3-19-17(15-18)1-4-20(19)26-27-21-16-22(29-8-12-32-13-9-29)25-23(24-21)33-14-7-28-5-10-31-11-6-28/h2-3,15-16,30H,1,4-14H2,(H,24,25,27).